The average Bonchev–Trinajstić information content (AvgIpc) is 3.16. The standard InChI is InChI=1S/C23H25BrO8/c1-12-7-8-22(29)20(2)11-30-19(28)23(20,15-10-21(12,22)17(26)18(27)31-15)32-16(25)9-13-3-5-14(24)6-4-13/h3-6,12,15,17,26,29H,7-11H2,1-2H3/t12-,15-,17+,20+,21+,22+,23-/m1/s1. The molecule has 2 heterocycles. The Morgan fingerprint density at radius 2 is 1.97 bits per heavy atom. The number of benzene rings is 1. The van der Waals surface area contributed by atoms with Gasteiger partial charge in [0.15, 0.2) is 12.2 Å². The Morgan fingerprint density at radius 1 is 1.28 bits per heavy atom. The third-order valence-corrected chi connectivity index (χ3v) is 9.13. The molecule has 2 saturated heterocycles. The summed E-state index contributed by atoms with van der Waals surface area (Å²) in [5, 5.41) is 23.0. The molecule has 7 atom stereocenters. The van der Waals surface area contributed by atoms with Gasteiger partial charge in [0.1, 0.15) is 6.61 Å². The van der Waals surface area contributed by atoms with Crippen LogP contribution in [0.2, 0.25) is 0 Å². The maximum Gasteiger partial charge on any atom is 0.355 e. The SMILES string of the molecule is C[C@@H]1CC[C@@]2(O)[C@@]13C[C@@H](OC(=O)[C@@H]3O)[C@@]1(OC(=O)Cc3ccc(Br)cc3)C(=O)OC[C@@]21C. The van der Waals surface area contributed by atoms with Crippen molar-refractivity contribution in [2.75, 3.05) is 6.61 Å². The van der Waals surface area contributed by atoms with Gasteiger partial charge in [0.2, 0.25) is 0 Å². The van der Waals surface area contributed by atoms with Gasteiger partial charge in [0.25, 0.3) is 5.60 Å². The Balaban J connectivity index is 1.59. The molecular weight excluding hydrogens is 484 g/mol. The summed E-state index contributed by atoms with van der Waals surface area (Å²) in [6.07, 6.45) is -2.02. The lowest BCUT2D eigenvalue weighted by Gasteiger charge is -2.64. The maximum absolute atomic E-state index is 13.2. The number of fused-ring (bicyclic) bond motifs is 4. The highest BCUT2D eigenvalue weighted by Gasteiger charge is 2.87. The predicted molar refractivity (Wildman–Crippen MR) is 112 cm³/mol. The normalized spacial score (nSPS) is 44.3. The van der Waals surface area contributed by atoms with E-state index in [4.69, 9.17) is 14.2 Å². The number of rotatable bonds is 3. The molecule has 32 heavy (non-hydrogen) atoms. The summed E-state index contributed by atoms with van der Waals surface area (Å²) in [5.74, 6) is -2.65. The molecule has 0 unspecified atom stereocenters. The van der Waals surface area contributed by atoms with Gasteiger partial charge in [0, 0.05) is 16.3 Å². The van der Waals surface area contributed by atoms with E-state index >= 15 is 0 Å². The van der Waals surface area contributed by atoms with E-state index in [2.05, 4.69) is 15.9 Å². The summed E-state index contributed by atoms with van der Waals surface area (Å²) in [7, 11) is 0. The quantitative estimate of drug-likeness (QED) is 0.467. The second-order valence-electron chi connectivity index (χ2n) is 9.79. The zero-order valence-electron chi connectivity index (χ0n) is 17.8. The number of hydrogen-bond acceptors (Lipinski definition) is 8. The summed E-state index contributed by atoms with van der Waals surface area (Å²) in [6, 6.07) is 7.09. The van der Waals surface area contributed by atoms with Crippen molar-refractivity contribution in [2.24, 2.45) is 16.7 Å². The van der Waals surface area contributed by atoms with Gasteiger partial charge in [-0.05, 0) is 43.4 Å². The fraction of sp³-hybridized carbons (Fsp3) is 0.609. The fourth-order valence-electron chi connectivity index (χ4n) is 6.85. The summed E-state index contributed by atoms with van der Waals surface area (Å²) >= 11 is 3.34. The molecular formula is C23H25BrO8. The molecule has 8 nitrogen and oxygen atoms in total. The van der Waals surface area contributed by atoms with Crippen LogP contribution < -0.4 is 0 Å². The number of aliphatic hydroxyl groups excluding tert-OH is 1. The molecule has 0 radical (unpaired) electrons. The van der Waals surface area contributed by atoms with Crippen LogP contribution in [0.3, 0.4) is 0 Å². The third kappa shape index (κ3) is 2.37. The molecule has 5 rings (SSSR count). The zero-order chi connectivity index (χ0) is 23.1. The molecule has 2 N–H and O–H groups in total. The molecule has 172 valence electrons. The van der Waals surface area contributed by atoms with Gasteiger partial charge in [-0.2, -0.15) is 0 Å². The molecule has 2 aliphatic heterocycles. The number of aliphatic hydroxyl groups is 2. The minimum Gasteiger partial charge on any atom is -0.462 e. The van der Waals surface area contributed by atoms with Crippen LogP contribution in [0.1, 0.15) is 38.7 Å². The molecule has 2 bridgehead atoms. The first-order valence-electron chi connectivity index (χ1n) is 10.8. The maximum atomic E-state index is 13.2. The number of carbonyl (C=O) groups excluding carboxylic acids is 3. The van der Waals surface area contributed by atoms with Crippen LogP contribution in [0.25, 0.3) is 0 Å². The summed E-state index contributed by atoms with van der Waals surface area (Å²) in [4.78, 5) is 38.9. The number of halogens is 1. The van der Waals surface area contributed by atoms with Crippen molar-refractivity contribution in [3.63, 3.8) is 0 Å². The van der Waals surface area contributed by atoms with E-state index in [0.29, 0.717) is 12.0 Å². The number of carbonyl (C=O) groups is 3. The molecule has 2 saturated carbocycles. The van der Waals surface area contributed by atoms with Crippen LogP contribution in [0.4, 0.5) is 0 Å². The monoisotopic (exact) mass is 508 g/mol. The van der Waals surface area contributed by atoms with Crippen molar-refractivity contribution in [1.29, 1.82) is 0 Å². The van der Waals surface area contributed by atoms with Crippen molar-refractivity contribution in [3.05, 3.63) is 34.3 Å². The summed E-state index contributed by atoms with van der Waals surface area (Å²) < 4.78 is 17.6. The van der Waals surface area contributed by atoms with Crippen molar-refractivity contribution in [3.8, 4) is 0 Å². The van der Waals surface area contributed by atoms with Crippen LogP contribution in [0, 0.1) is 16.7 Å². The Morgan fingerprint density at radius 3 is 2.66 bits per heavy atom. The van der Waals surface area contributed by atoms with Crippen molar-refractivity contribution >= 4 is 33.8 Å². The Bertz CT molecular complexity index is 1010. The summed E-state index contributed by atoms with van der Waals surface area (Å²) in [5.41, 5.74) is -5.59. The highest BCUT2D eigenvalue weighted by molar-refractivity contribution is 9.10. The molecule has 4 aliphatic rings. The molecule has 9 heteroatoms. The van der Waals surface area contributed by atoms with Gasteiger partial charge in [-0.25, -0.2) is 9.59 Å². The van der Waals surface area contributed by atoms with E-state index < -0.39 is 52.1 Å². The first kappa shape index (κ1) is 21.9. The molecule has 4 fully saturated rings. The van der Waals surface area contributed by atoms with E-state index in [1.807, 2.05) is 6.92 Å². The van der Waals surface area contributed by atoms with E-state index in [0.717, 1.165) is 4.47 Å². The smallest absolute Gasteiger partial charge is 0.355 e. The zero-order valence-corrected chi connectivity index (χ0v) is 19.4. The topological polar surface area (TPSA) is 119 Å². The lowest BCUT2D eigenvalue weighted by atomic mass is 9.44. The van der Waals surface area contributed by atoms with Crippen LogP contribution in [-0.2, 0) is 35.0 Å². The van der Waals surface area contributed by atoms with E-state index in [1.54, 1.807) is 31.2 Å². The van der Waals surface area contributed by atoms with Crippen LogP contribution in [0.5, 0.6) is 0 Å². The van der Waals surface area contributed by atoms with Gasteiger partial charge in [-0.3, -0.25) is 4.79 Å². The lowest BCUT2D eigenvalue weighted by molar-refractivity contribution is -0.322. The number of cyclic esters (lactones) is 1. The van der Waals surface area contributed by atoms with Gasteiger partial charge in [-0.15, -0.1) is 0 Å². The van der Waals surface area contributed by atoms with Crippen molar-refractivity contribution < 1.29 is 38.8 Å². The molecule has 1 aromatic rings. The minimum absolute atomic E-state index is 0.00776. The molecule has 0 amide bonds. The van der Waals surface area contributed by atoms with E-state index in [9.17, 15) is 24.6 Å². The Hall–Kier alpha value is -1.97. The first-order chi connectivity index (χ1) is 15.0. The van der Waals surface area contributed by atoms with Crippen LogP contribution >= 0.6 is 15.9 Å². The van der Waals surface area contributed by atoms with E-state index in [-0.39, 0.29) is 31.8 Å². The molecule has 2 aliphatic carbocycles. The molecule has 1 spiro atoms. The van der Waals surface area contributed by atoms with Gasteiger partial charge >= 0.3 is 17.9 Å². The first-order valence-corrected chi connectivity index (χ1v) is 11.6. The van der Waals surface area contributed by atoms with Crippen molar-refractivity contribution in [2.45, 2.75) is 62.9 Å². The second-order valence-corrected chi connectivity index (χ2v) is 10.7. The highest BCUT2D eigenvalue weighted by Crippen LogP contribution is 2.72. The van der Waals surface area contributed by atoms with Gasteiger partial charge < -0.3 is 24.4 Å². The predicted octanol–water partition coefficient (Wildman–Crippen LogP) is 1.67. The summed E-state index contributed by atoms with van der Waals surface area (Å²) in [6.45, 7) is 3.31. The van der Waals surface area contributed by atoms with Gasteiger partial charge in [0.05, 0.1) is 17.4 Å². The molecule has 0 aromatic heterocycles. The van der Waals surface area contributed by atoms with Crippen molar-refractivity contribution in [1.82, 2.24) is 0 Å². The van der Waals surface area contributed by atoms with Crippen LogP contribution in [-0.4, -0.2) is 58.1 Å². The highest BCUT2D eigenvalue weighted by atomic mass is 79.9. The molecule has 1 aromatic carbocycles. The Kier molecular flexibility index (Phi) is 4.63. The number of ether oxygens (including phenoxy) is 3. The van der Waals surface area contributed by atoms with E-state index in [1.165, 1.54) is 0 Å². The minimum atomic E-state index is -1.99. The largest absolute Gasteiger partial charge is 0.462 e. The third-order valence-electron chi connectivity index (χ3n) is 8.60. The average molecular weight is 509 g/mol. The number of hydrogen-bond donors (Lipinski definition) is 2. The van der Waals surface area contributed by atoms with Crippen LogP contribution in [0.15, 0.2) is 28.7 Å². The fourth-order valence-corrected chi connectivity index (χ4v) is 7.11. The second kappa shape index (κ2) is 6.77. The number of esters is 3. The van der Waals surface area contributed by atoms with Gasteiger partial charge in [-0.1, -0.05) is 35.0 Å². The Labute approximate surface area is 193 Å². The lowest BCUT2D eigenvalue weighted by Crippen LogP contribution is -2.81.